The summed E-state index contributed by atoms with van der Waals surface area (Å²) in [6.07, 6.45) is 0. The van der Waals surface area contributed by atoms with E-state index in [0.717, 1.165) is 17.0 Å². The Labute approximate surface area is 158 Å². The number of hydrogen-bond acceptors (Lipinski definition) is 4. The van der Waals surface area contributed by atoms with Gasteiger partial charge in [-0.3, -0.25) is 9.59 Å². The van der Waals surface area contributed by atoms with Gasteiger partial charge in [0.05, 0.1) is 18.1 Å². The molecular weight excluding hydrogens is 348 g/mol. The number of thioether (sulfide) groups is 1. The van der Waals surface area contributed by atoms with Crippen LogP contribution in [-0.4, -0.2) is 29.9 Å². The first-order valence-corrected chi connectivity index (χ1v) is 9.61. The average molecular weight is 372 g/mol. The summed E-state index contributed by atoms with van der Waals surface area (Å²) in [5.74, 6) is 0.949. The van der Waals surface area contributed by atoms with E-state index in [2.05, 4.69) is 10.6 Å². The Morgan fingerprint density at radius 3 is 2.04 bits per heavy atom. The summed E-state index contributed by atoms with van der Waals surface area (Å²) in [6.45, 7) is 6.56. The maximum Gasteiger partial charge on any atom is 0.234 e. The van der Waals surface area contributed by atoms with Gasteiger partial charge in [0.25, 0.3) is 0 Å². The number of benzene rings is 2. The predicted octanol–water partition coefficient (Wildman–Crippen LogP) is 4.01. The van der Waals surface area contributed by atoms with Crippen LogP contribution in [0.4, 0.5) is 11.4 Å². The quantitative estimate of drug-likeness (QED) is 0.735. The molecule has 5 nitrogen and oxygen atoms in total. The zero-order valence-corrected chi connectivity index (χ0v) is 16.1. The molecule has 0 fully saturated rings. The van der Waals surface area contributed by atoms with Gasteiger partial charge in [-0.2, -0.15) is 0 Å². The number of aryl methyl sites for hydroxylation is 2. The standard InChI is InChI=1S/C20H24N2O3S/c1-4-25-18-9-7-16(8-10-18)21-19(23)12-26-13-20(24)22-17-6-5-14(2)15(3)11-17/h5-11H,4,12-13H2,1-3H3,(H,21,23)(H,22,24). The summed E-state index contributed by atoms with van der Waals surface area (Å²) < 4.78 is 5.36. The molecule has 0 atom stereocenters. The predicted molar refractivity (Wildman–Crippen MR) is 108 cm³/mol. The van der Waals surface area contributed by atoms with Gasteiger partial charge in [-0.05, 0) is 68.3 Å². The maximum atomic E-state index is 12.0. The molecule has 0 radical (unpaired) electrons. The third-order valence-corrected chi connectivity index (χ3v) is 4.64. The van der Waals surface area contributed by atoms with Crippen LogP contribution in [0, 0.1) is 13.8 Å². The van der Waals surface area contributed by atoms with Gasteiger partial charge in [0.2, 0.25) is 11.8 Å². The third-order valence-electron chi connectivity index (χ3n) is 3.71. The van der Waals surface area contributed by atoms with Gasteiger partial charge in [0.1, 0.15) is 5.75 Å². The second-order valence-electron chi connectivity index (χ2n) is 5.85. The lowest BCUT2D eigenvalue weighted by Crippen LogP contribution is -2.18. The zero-order chi connectivity index (χ0) is 18.9. The van der Waals surface area contributed by atoms with Gasteiger partial charge in [-0.1, -0.05) is 6.07 Å². The highest BCUT2D eigenvalue weighted by atomic mass is 32.2. The highest BCUT2D eigenvalue weighted by molar-refractivity contribution is 8.00. The number of anilines is 2. The van der Waals surface area contributed by atoms with Crippen molar-refractivity contribution in [3.63, 3.8) is 0 Å². The summed E-state index contributed by atoms with van der Waals surface area (Å²) in [6, 6.07) is 13.0. The Morgan fingerprint density at radius 2 is 1.46 bits per heavy atom. The second-order valence-corrected chi connectivity index (χ2v) is 6.83. The molecule has 0 spiro atoms. The molecule has 0 unspecified atom stereocenters. The van der Waals surface area contributed by atoms with E-state index in [4.69, 9.17) is 4.74 Å². The van der Waals surface area contributed by atoms with Crippen molar-refractivity contribution in [3.05, 3.63) is 53.6 Å². The zero-order valence-electron chi connectivity index (χ0n) is 15.3. The number of rotatable bonds is 8. The molecule has 0 bridgehead atoms. The van der Waals surface area contributed by atoms with Crippen molar-refractivity contribution in [3.8, 4) is 5.75 Å². The molecule has 2 N–H and O–H groups in total. The molecule has 0 aromatic heterocycles. The highest BCUT2D eigenvalue weighted by Crippen LogP contribution is 2.17. The Bertz CT molecular complexity index is 760. The van der Waals surface area contributed by atoms with Crippen LogP contribution in [0.5, 0.6) is 5.75 Å². The lowest BCUT2D eigenvalue weighted by molar-refractivity contribution is -0.114. The molecule has 0 heterocycles. The third kappa shape index (κ3) is 6.44. The van der Waals surface area contributed by atoms with Crippen LogP contribution in [0.2, 0.25) is 0 Å². The fourth-order valence-corrected chi connectivity index (χ4v) is 2.87. The fraction of sp³-hybridized carbons (Fsp3) is 0.300. The van der Waals surface area contributed by atoms with Crippen LogP contribution in [0.25, 0.3) is 0 Å². The lowest BCUT2D eigenvalue weighted by Gasteiger charge is -2.08. The van der Waals surface area contributed by atoms with Crippen molar-refractivity contribution < 1.29 is 14.3 Å². The topological polar surface area (TPSA) is 67.4 Å². The van der Waals surface area contributed by atoms with E-state index in [1.807, 2.05) is 51.1 Å². The molecule has 0 aliphatic carbocycles. The number of nitrogens with one attached hydrogen (secondary N) is 2. The molecule has 0 aliphatic rings. The minimum Gasteiger partial charge on any atom is -0.494 e. The Morgan fingerprint density at radius 1 is 0.885 bits per heavy atom. The molecule has 6 heteroatoms. The number of amides is 2. The van der Waals surface area contributed by atoms with Crippen molar-refractivity contribution >= 4 is 35.0 Å². The molecule has 2 aromatic rings. The van der Waals surface area contributed by atoms with Crippen LogP contribution in [0.15, 0.2) is 42.5 Å². The highest BCUT2D eigenvalue weighted by Gasteiger charge is 2.07. The smallest absolute Gasteiger partial charge is 0.234 e. The monoisotopic (exact) mass is 372 g/mol. The summed E-state index contributed by atoms with van der Waals surface area (Å²) in [4.78, 5) is 23.9. The van der Waals surface area contributed by atoms with Crippen LogP contribution in [-0.2, 0) is 9.59 Å². The molecule has 0 saturated carbocycles. The summed E-state index contributed by atoms with van der Waals surface area (Å²) in [5.41, 5.74) is 3.80. The van der Waals surface area contributed by atoms with Crippen molar-refractivity contribution in [2.24, 2.45) is 0 Å². The molecule has 138 valence electrons. The first-order chi connectivity index (χ1) is 12.5. The van der Waals surface area contributed by atoms with Crippen LogP contribution < -0.4 is 15.4 Å². The molecule has 0 aliphatic heterocycles. The van der Waals surface area contributed by atoms with Gasteiger partial charge >= 0.3 is 0 Å². The Kier molecular flexibility index (Phi) is 7.53. The van der Waals surface area contributed by atoms with Gasteiger partial charge in [-0.25, -0.2) is 0 Å². The molecule has 2 rings (SSSR count). The number of ether oxygens (including phenoxy) is 1. The molecule has 2 amide bonds. The minimum absolute atomic E-state index is 0.118. The lowest BCUT2D eigenvalue weighted by atomic mass is 10.1. The van der Waals surface area contributed by atoms with Crippen molar-refractivity contribution in [1.29, 1.82) is 0 Å². The number of carbonyl (C=O) groups is 2. The van der Waals surface area contributed by atoms with Gasteiger partial charge in [-0.15, -0.1) is 11.8 Å². The summed E-state index contributed by atoms with van der Waals surface area (Å²) in [5, 5.41) is 5.65. The molecule has 0 saturated heterocycles. The van der Waals surface area contributed by atoms with E-state index in [9.17, 15) is 9.59 Å². The van der Waals surface area contributed by atoms with Crippen molar-refractivity contribution in [2.45, 2.75) is 20.8 Å². The second kappa shape index (κ2) is 9.87. The van der Waals surface area contributed by atoms with Gasteiger partial charge in [0.15, 0.2) is 0 Å². The molecule has 26 heavy (non-hydrogen) atoms. The number of hydrogen-bond donors (Lipinski definition) is 2. The molecular formula is C20H24N2O3S. The number of carbonyl (C=O) groups excluding carboxylic acids is 2. The largest absolute Gasteiger partial charge is 0.494 e. The summed E-state index contributed by atoms with van der Waals surface area (Å²) >= 11 is 1.28. The Balaban J connectivity index is 1.71. The summed E-state index contributed by atoms with van der Waals surface area (Å²) in [7, 11) is 0. The first kappa shape index (κ1) is 19.8. The minimum atomic E-state index is -0.141. The normalized spacial score (nSPS) is 10.3. The van der Waals surface area contributed by atoms with Crippen LogP contribution in [0.1, 0.15) is 18.1 Å². The van der Waals surface area contributed by atoms with E-state index >= 15 is 0 Å². The molecule has 2 aromatic carbocycles. The fourth-order valence-electron chi connectivity index (χ4n) is 2.25. The van der Waals surface area contributed by atoms with E-state index in [0.29, 0.717) is 12.3 Å². The van der Waals surface area contributed by atoms with E-state index < -0.39 is 0 Å². The van der Waals surface area contributed by atoms with E-state index in [1.165, 1.54) is 17.3 Å². The average Bonchev–Trinajstić information content (AvgIpc) is 2.60. The van der Waals surface area contributed by atoms with Crippen molar-refractivity contribution in [1.82, 2.24) is 0 Å². The van der Waals surface area contributed by atoms with Gasteiger partial charge < -0.3 is 15.4 Å². The van der Waals surface area contributed by atoms with Gasteiger partial charge in [0, 0.05) is 11.4 Å². The SMILES string of the molecule is CCOc1ccc(NC(=O)CSCC(=O)Nc2ccc(C)c(C)c2)cc1. The first-order valence-electron chi connectivity index (χ1n) is 8.45. The van der Waals surface area contributed by atoms with Crippen molar-refractivity contribution in [2.75, 3.05) is 28.7 Å². The van der Waals surface area contributed by atoms with E-state index in [-0.39, 0.29) is 23.3 Å². The Hall–Kier alpha value is -2.47. The van der Waals surface area contributed by atoms with E-state index in [1.54, 1.807) is 12.1 Å². The maximum absolute atomic E-state index is 12.0. The van der Waals surface area contributed by atoms with Crippen LogP contribution >= 0.6 is 11.8 Å². The van der Waals surface area contributed by atoms with Crippen LogP contribution in [0.3, 0.4) is 0 Å².